The number of benzene rings is 2. The maximum absolute atomic E-state index is 13.3. The molecule has 1 atom stereocenters. The highest BCUT2D eigenvalue weighted by atomic mass is 16.2. The molecule has 0 saturated carbocycles. The molecule has 5 nitrogen and oxygen atoms in total. The van der Waals surface area contributed by atoms with Gasteiger partial charge >= 0.3 is 0 Å². The summed E-state index contributed by atoms with van der Waals surface area (Å²) in [5, 5.41) is 0. The van der Waals surface area contributed by atoms with E-state index in [4.69, 9.17) is 0 Å². The minimum atomic E-state index is -0.0763. The van der Waals surface area contributed by atoms with Crippen molar-refractivity contribution in [3.63, 3.8) is 0 Å². The smallest absolute Gasteiger partial charge is 0.273 e. The summed E-state index contributed by atoms with van der Waals surface area (Å²) in [7, 11) is 0. The quantitative estimate of drug-likeness (QED) is 0.642. The van der Waals surface area contributed by atoms with Crippen LogP contribution in [0.15, 0.2) is 67.0 Å². The van der Waals surface area contributed by atoms with Gasteiger partial charge in [0.2, 0.25) is 0 Å². The molecule has 0 fully saturated rings. The van der Waals surface area contributed by atoms with Crippen molar-refractivity contribution in [2.24, 2.45) is 0 Å². The fourth-order valence-electron chi connectivity index (χ4n) is 3.93. The van der Waals surface area contributed by atoms with Crippen LogP contribution in [0.1, 0.15) is 42.4 Å². The van der Waals surface area contributed by atoms with Crippen molar-refractivity contribution in [2.75, 3.05) is 4.90 Å². The van der Waals surface area contributed by atoms with Crippen LogP contribution >= 0.6 is 0 Å². The molecule has 2 heterocycles. The van der Waals surface area contributed by atoms with Crippen LogP contribution in [0.4, 0.5) is 11.5 Å². The number of hydrogen-bond donors (Lipinski definition) is 0. The van der Waals surface area contributed by atoms with Gasteiger partial charge in [-0.3, -0.25) is 4.79 Å². The largest absolute Gasteiger partial charge is 0.331 e. The van der Waals surface area contributed by atoms with Gasteiger partial charge in [0, 0.05) is 30.4 Å². The van der Waals surface area contributed by atoms with E-state index in [1.807, 2.05) is 61.2 Å². The fourth-order valence-corrected chi connectivity index (χ4v) is 3.93. The Hall–Kier alpha value is -3.21. The third-order valence-corrected chi connectivity index (χ3v) is 5.41. The second-order valence-corrected chi connectivity index (χ2v) is 7.83. The molecular formula is C24H26N4O. The van der Waals surface area contributed by atoms with Gasteiger partial charge in [-0.15, -0.1) is 0 Å². The number of fused-ring (bicyclic) bond motifs is 1. The molecule has 2 aromatic carbocycles. The van der Waals surface area contributed by atoms with E-state index in [1.54, 1.807) is 0 Å². The second-order valence-electron chi connectivity index (χ2n) is 7.83. The highest BCUT2D eigenvalue weighted by Crippen LogP contribution is 2.37. The summed E-state index contributed by atoms with van der Waals surface area (Å²) in [6, 6.07) is 20.6. The molecule has 4 rings (SSSR count). The predicted molar refractivity (Wildman–Crippen MR) is 115 cm³/mol. The molecule has 1 aromatic heterocycles. The van der Waals surface area contributed by atoms with Gasteiger partial charge in [0.15, 0.2) is 0 Å². The second kappa shape index (κ2) is 8.03. The summed E-state index contributed by atoms with van der Waals surface area (Å²) in [4.78, 5) is 26.1. The summed E-state index contributed by atoms with van der Waals surface area (Å²) >= 11 is 0. The molecular weight excluding hydrogens is 360 g/mol. The number of amides is 1. The van der Waals surface area contributed by atoms with Crippen molar-refractivity contribution in [2.45, 2.75) is 45.8 Å². The molecule has 5 heteroatoms. The lowest BCUT2D eigenvalue weighted by Gasteiger charge is -2.27. The molecule has 0 saturated heterocycles. The first-order valence-electron chi connectivity index (χ1n) is 10.1. The van der Waals surface area contributed by atoms with Gasteiger partial charge in [0.25, 0.3) is 5.91 Å². The van der Waals surface area contributed by atoms with Crippen molar-refractivity contribution in [3.05, 3.63) is 83.8 Å². The van der Waals surface area contributed by atoms with Crippen LogP contribution in [0.3, 0.4) is 0 Å². The molecule has 1 aliphatic heterocycles. The highest BCUT2D eigenvalue weighted by Gasteiger charge is 2.29. The van der Waals surface area contributed by atoms with E-state index in [0.717, 1.165) is 23.5 Å². The molecule has 0 radical (unpaired) electrons. The number of para-hydroxylation sites is 1. The molecule has 0 bridgehead atoms. The number of rotatable bonds is 5. The summed E-state index contributed by atoms with van der Waals surface area (Å²) in [5.41, 5.74) is 3.99. The van der Waals surface area contributed by atoms with E-state index >= 15 is 0 Å². The Bertz CT molecular complexity index is 1000. The Morgan fingerprint density at radius 2 is 1.83 bits per heavy atom. The van der Waals surface area contributed by atoms with Gasteiger partial charge in [-0.2, -0.15) is 0 Å². The summed E-state index contributed by atoms with van der Waals surface area (Å²) < 4.78 is 0. The van der Waals surface area contributed by atoms with Crippen molar-refractivity contribution in [3.8, 4) is 0 Å². The Morgan fingerprint density at radius 3 is 2.59 bits per heavy atom. The number of anilines is 2. The summed E-state index contributed by atoms with van der Waals surface area (Å²) in [6.07, 6.45) is 2.47. The average Bonchev–Trinajstić information content (AvgIpc) is 3.08. The minimum Gasteiger partial charge on any atom is -0.331 e. The maximum atomic E-state index is 13.3. The highest BCUT2D eigenvalue weighted by molar-refractivity contribution is 5.93. The van der Waals surface area contributed by atoms with Crippen LogP contribution in [0.25, 0.3) is 0 Å². The van der Waals surface area contributed by atoms with Crippen LogP contribution in [-0.2, 0) is 13.0 Å². The lowest BCUT2D eigenvalue weighted by Crippen LogP contribution is -2.37. The zero-order valence-corrected chi connectivity index (χ0v) is 17.1. The van der Waals surface area contributed by atoms with E-state index in [-0.39, 0.29) is 18.0 Å². The van der Waals surface area contributed by atoms with E-state index in [0.29, 0.717) is 12.2 Å². The average molecular weight is 386 g/mol. The standard InChI is InChI=1S/C24H26N4O/c1-17(2)27(15-19-9-5-4-6-10-19)24(29)21-14-23(26-16-25-21)28-18(3)13-20-11-7-8-12-22(20)28/h4-12,14,16-18H,13,15H2,1-3H3. The van der Waals surface area contributed by atoms with Gasteiger partial charge in [0.1, 0.15) is 17.8 Å². The molecule has 3 aromatic rings. The van der Waals surface area contributed by atoms with E-state index < -0.39 is 0 Å². The molecule has 1 unspecified atom stereocenters. The van der Waals surface area contributed by atoms with E-state index in [2.05, 4.69) is 40.0 Å². The van der Waals surface area contributed by atoms with Crippen molar-refractivity contribution >= 4 is 17.4 Å². The summed E-state index contributed by atoms with van der Waals surface area (Å²) in [6.45, 7) is 6.79. The van der Waals surface area contributed by atoms with Gasteiger partial charge in [-0.1, -0.05) is 48.5 Å². The zero-order chi connectivity index (χ0) is 20.4. The molecule has 1 aliphatic rings. The first kappa shape index (κ1) is 19.1. The Balaban J connectivity index is 1.63. The fraction of sp³-hybridized carbons (Fsp3) is 0.292. The lowest BCUT2D eigenvalue weighted by atomic mass is 10.1. The molecule has 0 N–H and O–H groups in total. The molecule has 0 aliphatic carbocycles. The Labute approximate surface area is 172 Å². The number of nitrogens with zero attached hydrogens (tertiary/aromatic N) is 4. The zero-order valence-electron chi connectivity index (χ0n) is 17.1. The van der Waals surface area contributed by atoms with Gasteiger partial charge < -0.3 is 9.80 Å². The third-order valence-electron chi connectivity index (χ3n) is 5.41. The van der Waals surface area contributed by atoms with Crippen LogP contribution < -0.4 is 4.90 Å². The number of hydrogen-bond acceptors (Lipinski definition) is 4. The van der Waals surface area contributed by atoms with E-state index in [9.17, 15) is 4.79 Å². The predicted octanol–water partition coefficient (Wildman–Crippen LogP) is 4.61. The molecule has 29 heavy (non-hydrogen) atoms. The number of aromatic nitrogens is 2. The first-order valence-corrected chi connectivity index (χ1v) is 10.1. The molecule has 0 spiro atoms. The minimum absolute atomic E-state index is 0.0626. The van der Waals surface area contributed by atoms with Crippen LogP contribution in [0, 0.1) is 0 Å². The SMILES string of the molecule is CC(C)N(Cc1ccccc1)C(=O)c1cc(N2c3ccccc3CC2C)ncn1. The maximum Gasteiger partial charge on any atom is 0.273 e. The van der Waals surface area contributed by atoms with Crippen LogP contribution in [0.2, 0.25) is 0 Å². The summed E-state index contributed by atoms with van der Waals surface area (Å²) in [5.74, 6) is 0.692. The van der Waals surface area contributed by atoms with Gasteiger partial charge in [-0.05, 0) is 44.4 Å². The number of carbonyl (C=O) groups excluding carboxylic acids is 1. The number of carbonyl (C=O) groups is 1. The van der Waals surface area contributed by atoms with Crippen molar-refractivity contribution in [1.29, 1.82) is 0 Å². The first-order chi connectivity index (χ1) is 14.0. The van der Waals surface area contributed by atoms with Gasteiger partial charge in [-0.25, -0.2) is 9.97 Å². The Kier molecular flexibility index (Phi) is 5.30. The van der Waals surface area contributed by atoms with Crippen molar-refractivity contribution < 1.29 is 4.79 Å². The van der Waals surface area contributed by atoms with Crippen molar-refractivity contribution in [1.82, 2.24) is 14.9 Å². The topological polar surface area (TPSA) is 49.3 Å². The molecule has 1 amide bonds. The van der Waals surface area contributed by atoms with Crippen LogP contribution in [0.5, 0.6) is 0 Å². The van der Waals surface area contributed by atoms with Gasteiger partial charge in [0.05, 0.1) is 0 Å². The van der Waals surface area contributed by atoms with Crippen LogP contribution in [-0.4, -0.2) is 32.9 Å². The third kappa shape index (κ3) is 3.86. The van der Waals surface area contributed by atoms with E-state index in [1.165, 1.54) is 11.9 Å². The monoisotopic (exact) mass is 386 g/mol. The normalized spacial score (nSPS) is 15.4. The molecule has 148 valence electrons. The lowest BCUT2D eigenvalue weighted by molar-refractivity contribution is 0.0684. The Morgan fingerprint density at radius 1 is 1.10 bits per heavy atom.